The van der Waals surface area contributed by atoms with Gasteiger partial charge in [0, 0.05) is 23.5 Å². The van der Waals surface area contributed by atoms with Crippen LogP contribution in [-0.4, -0.2) is 23.3 Å². The lowest BCUT2D eigenvalue weighted by molar-refractivity contribution is -0.385. The second kappa shape index (κ2) is 5.97. The summed E-state index contributed by atoms with van der Waals surface area (Å²) in [4.78, 5) is 22.4. The molecule has 1 saturated carbocycles. The first-order valence-corrected chi connectivity index (χ1v) is 7.17. The molecule has 0 saturated heterocycles. The summed E-state index contributed by atoms with van der Waals surface area (Å²) in [6.07, 6.45) is 2.91. The van der Waals surface area contributed by atoms with Crippen molar-refractivity contribution in [1.82, 2.24) is 5.32 Å². The highest BCUT2D eigenvalue weighted by Gasteiger charge is 2.42. The number of rotatable bonds is 6. The standard InChI is InChI=1S/C13H14Cl2N2O3/c14-6-5-13(3-4-13)8-16-12(18)10-2-1-9(15)7-11(10)17(19)20/h1-2,7H,3-6,8H2,(H,16,18). The third kappa shape index (κ3) is 3.41. The highest BCUT2D eigenvalue weighted by Crippen LogP contribution is 2.48. The van der Waals surface area contributed by atoms with Gasteiger partial charge < -0.3 is 5.32 Å². The van der Waals surface area contributed by atoms with Crippen molar-refractivity contribution < 1.29 is 9.72 Å². The van der Waals surface area contributed by atoms with Crippen LogP contribution < -0.4 is 5.32 Å². The highest BCUT2D eigenvalue weighted by atomic mass is 35.5. The average molecular weight is 317 g/mol. The largest absolute Gasteiger partial charge is 0.351 e. The molecule has 7 heteroatoms. The predicted molar refractivity (Wildman–Crippen MR) is 77.4 cm³/mol. The number of hydrogen-bond acceptors (Lipinski definition) is 3. The molecule has 0 radical (unpaired) electrons. The molecule has 2 rings (SSSR count). The molecule has 1 amide bonds. The van der Waals surface area contributed by atoms with Gasteiger partial charge >= 0.3 is 0 Å². The number of hydrogen-bond donors (Lipinski definition) is 1. The van der Waals surface area contributed by atoms with Crippen molar-refractivity contribution in [2.45, 2.75) is 19.3 Å². The van der Waals surface area contributed by atoms with Gasteiger partial charge in [0.25, 0.3) is 11.6 Å². The molecular weight excluding hydrogens is 303 g/mol. The molecule has 0 atom stereocenters. The number of amides is 1. The van der Waals surface area contributed by atoms with Crippen molar-refractivity contribution >= 4 is 34.8 Å². The number of nitro benzene ring substituents is 1. The van der Waals surface area contributed by atoms with E-state index < -0.39 is 10.8 Å². The van der Waals surface area contributed by atoms with Crippen LogP contribution in [0.1, 0.15) is 29.6 Å². The van der Waals surface area contributed by atoms with E-state index in [1.807, 2.05) is 0 Å². The van der Waals surface area contributed by atoms with Crippen molar-refractivity contribution in [3.63, 3.8) is 0 Å². The number of alkyl halides is 1. The van der Waals surface area contributed by atoms with Crippen molar-refractivity contribution in [2.75, 3.05) is 12.4 Å². The third-order valence-corrected chi connectivity index (χ3v) is 4.03. The fraction of sp³-hybridized carbons (Fsp3) is 0.462. The molecule has 0 unspecified atom stereocenters. The van der Waals surface area contributed by atoms with Crippen LogP contribution in [0.4, 0.5) is 5.69 Å². The molecule has 0 bridgehead atoms. The first-order valence-electron chi connectivity index (χ1n) is 6.25. The van der Waals surface area contributed by atoms with Crippen LogP contribution in [0.2, 0.25) is 5.02 Å². The van der Waals surface area contributed by atoms with E-state index in [9.17, 15) is 14.9 Å². The monoisotopic (exact) mass is 316 g/mol. The number of nitro groups is 1. The Morgan fingerprint density at radius 1 is 1.45 bits per heavy atom. The zero-order valence-electron chi connectivity index (χ0n) is 10.7. The van der Waals surface area contributed by atoms with Gasteiger partial charge in [-0.15, -0.1) is 11.6 Å². The van der Waals surface area contributed by atoms with E-state index in [4.69, 9.17) is 23.2 Å². The minimum Gasteiger partial charge on any atom is -0.351 e. The van der Waals surface area contributed by atoms with Crippen LogP contribution in [0.5, 0.6) is 0 Å². The molecule has 1 aromatic carbocycles. The minimum atomic E-state index is -0.605. The molecule has 20 heavy (non-hydrogen) atoms. The molecule has 108 valence electrons. The van der Waals surface area contributed by atoms with Gasteiger partial charge in [-0.05, 0) is 36.8 Å². The Kier molecular flexibility index (Phi) is 4.50. The van der Waals surface area contributed by atoms with E-state index in [-0.39, 0.29) is 21.7 Å². The Balaban J connectivity index is 2.08. The SMILES string of the molecule is O=C(NCC1(CCCl)CC1)c1ccc(Cl)cc1[N+](=O)[O-]. The fourth-order valence-corrected chi connectivity index (χ4v) is 2.67. The van der Waals surface area contributed by atoms with Gasteiger partial charge in [0.15, 0.2) is 0 Å². The molecule has 0 aliphatic heterocycles. The summed E-state index contributed by atoms with van der Waals surface area (Å²) in [5.41, 5.74) is -0.170. The van der Waals surface area contributed by atoms with Gasteiger partial charge in [0.1, 0.15) is 5.56 Å². The van der Waals surface area contributed by atoms with Crippen LogP contribution >= 0.6 is 23.2 Å². The Morgan fingerprint density at radius 2 is 2.15 bits per heavy atom. The summed E-state index contributed by atoms with van der Waals surface area (Å²) in [5.74, 6) is 0.103. The molecule has 0 heterocycles. The van der Waals surface area contributed by atoms with E-state index in [1.165, 1.54) is 18.2 Å². The van der Waals surface area contributed by atoms with Gasteiger partial charge in [-0.2, -0.15) is 0 Å². The zero-order valence-corrected chi connectivity index (χ0v) is 12.2. The summed E-state index contributed by atoms with van der Waals surface area (Å²) in [6, 6.07) is 4.02. The Bertz CT molecular complexity index is 544. The summed E-state index contributed by atoms with van der Waals surface area (Å²) in [7, 11) is 0. The molecule has 1 N–H and O–H groups in total. The van der Waals surface area contributed by atoms with Crippen LogP contribution in [0.15, 0.2) is 18.2 Å². The lowest BCUT2D eigenvalue weighted by Gasteiger charge is -2.14. The first-order chi connectivity index (χ1) is 9.47. The molecule has 0 aromatic heterocycles. The molecular formula is C13H14Cl2N2O3. The van der Waals surface area contributed by atoms with Gasteiger partial charge in [-0.1, -0.05) is 11.6 Å². The molecule has 1 aromatic rings. The van der Waals surface area contributed by atoms with Crippen LogP contribution in [0.25, 0.3) is 0 Å². The van der Waals surface area contributed by atoms with Gasteiger partial charge in [-0.3, -0.25) is 14.9 Å². The Labute approximate surface area is 126 Å². The topological polar surface area (TPSA) is 72.2 Å². The number of nitrogens with zero attached hydrogens (tertiary/aromatic N) is 1. The van der Waals surface area contributed by atoms with Crippen molar-refractivity contribution in [2.24, 2.45) is 5.41 Å². The third-order valence-electron chi connectivity index (χ3n) is 3.61. The predicted octanol–water partition coefficient (Wildman–Crippen LogP) is 3.39. The Morgan fingerprint density at radius 3 is 2.70 bits per heavy atom. The normalized spacial score (nSPS) is 15.7. The fourth-order valence-electron chi connectivity index (χ4n) is 2.10. The number of carbonyl (C=O) groups is 1. The summed E-state index contributed by atoms with van der Waals surface area (Å²) in [5, 5.41) is 13.9. The number of nitrogens with one attached hydrogen (secondary N) is 1. The maximum Gasteiger partial charge on any atom is 0.283 e. The van der Waals surface area contributed by atoms with Crippen molar-refractivity contribution in [3.8, 4) is 0 Å². The van der Waals surface area contributed by atoms with E-state index >= 15 is 0 Å². The minimum absolute atomic E-state index is 0.0288. The van der Waals surface area contributed by atoms with E-state index in [2.05, 4.69) is 5.32 Å². The van der Waals surface area contributed by atoms with E-state index in [0.717, 1.165) is 19.3 Å². The first kappa shape index (κ1) is 15.1. The zero-order chi connectivity index (χ0) is 14.8. The molecule has 5 nitrogen and oxygen atoms in total. The molecule has 0 spiro atoms. The number of carbonyl (C=O) groups excluding carboxylic acids is 1. The van der Waals surface area contributed by atoms with E-state index in [1.54, 1.807) is 0 Å². The van der Waals surface area contributed by atoms with Crippen molar-refractivity contribution in [3.05, 3.63) is 38.9 Å². The average Bonchev–Trinajstić information content (AvgIpc) is 3.16. The van der Waals surface area contributed by atoms with Gasteiger partial charge in [0.2, 0.25) is 0 Å². The van der Waals surface area contributed by atoms with E-state index in [0.29, 0.717) is 12.4 Å². The quantitative estimate of drug-likeness (QED) is 0.496. The van der Waals surface area contributed by atoms with Crippen LogP contribution in [0.3, 0.4) is 0 Å². The highest BCUT2D eigenvalue weighted by molar-refractivity contribution is 6.31. The van der Waals surface area contributed by atoms with Crippen LogP contribution in [0, 0.1) is 15.5 Å². The lowest BCUT2D eigenvalue weighted by atomic mass is 10.0. The Hall–Kier alpha value is -1.33. The maximum absolute atomic E-state index is 12.1. The second-order valence-corrected chi connectivity index (χ2v) is 5.85. The summed E-state index contributed by atoms with van der Waals surface area (Å²) < 4.78 is 0. The second-order valence-electron chi connectivity index (χ2n) is 5.04. The summed E-state index contributed by atoms with van der Waals surface area (Å²) >= 11 is 11.4. The summed E-state index contributed by atoms with van der Waals surface area (Å²) in [6.45, 7) is 0.498. The smallest absolute Gasteiger partial charge is 0.283 e. The number of halogens is 2. The van der Waals surface area contributed by atoms with Crippen molar-refractivity contribution in [1.29, 1.82) is 0 Å². The lowest BCUT2D eigenvalue weighted by Crippen LogP contribution is -2.30. The van der Waals surface area contributed by atoms with Crippen LogP contribution in [-0.2, 0) is 0 Å². The van der Waals surface area contributed by atoms with Gasteiger partial charge in [-0.25, -0.2) is 0 Å². The maximum atomic E-state index is 12.1. The number of benzene rings is 1. The van der Waals surface area contributed by atoms with Gasteiger partial charge in [0.05, 0.1) is 4.92 Å². The molecule has 1 aliphatic carbocycles. The molecule has 1 aliphatic rings. The molecule has 1 fully saturated rings.